The zero-order chi connectivity index (χ0) is 14.6. The van der Waals surface area contributed by atoms with Crippen LogP contribution in [0.15, 0.2) is 29.6 Å². The Hall–Kier alpha value is -1.40. The fourth-order valence-electron chi connectivity index (χ4n) is 1.91. The molecule has 2 rings (SSSR count). The zero-order valence-electron chi connectivity index (χ0n) is 11.0. The van der Waals surface area contributed by atoms with Gasteiger partial charge in [-0.05, 0) is 32.5 Å². The molecule has 0 aliphatic carbocycles. The van der Waals surface area contributed by atoms with Gasteiger partial charge in [-0.15, -0.1) is 11.3 Å². The summed E-state index contributed by atoms with van der Waals surface area (Å²) < 4.78 is 38.9. The van der Waals surface area contributed by atoms with E-state index in [0.717, 1.165) is 31.1 Å². The van der Waals surface area contributed by atoms with E-state index in [0.29, 0.717) is 5.01 Å². The predicted octanol–water partition coefficient (Wildman–Crippen LogP) is 3.98. The molecular weight excluding hydrogens is 285 g/mol. The number of alkyl halides is 3. The second-order valence-corrected chi connectivity index (χ2v) is 5.25. The summed E-state index contributed by atoms with van der Waals surface area (Å²) in [5, 5.41) is 5.29. The minimum Gasteiger partial charge on any atom is -0.320 e. The highest BCUT2D eigenvalue weighted by Crippen LogP contribution is 2.37. The van der Waals surface area contributed by atoms with Gasteiger partial charge in [0.05, 0.1) is 11.3 Å². The van der Waals surface area contributed by atoms with Crippen LogP contribution in [0.4, 0.5) is 13.2 Å². The molecule has 2 aromatic rings. The maximum Gasteiger partial charge on any atom is 0.417 e. The summed E-state index contributed by atoms with van der Waals surface area (Å²) in [6, 6.07) is 5.57. The lowest BCUT2D eigenvalue weighted by Crippen LogP contribution is -2.08. The molecule has 0 aliphatic rings. The average molecular weight is 300 g/mol. The molecule has 1 N–H and O–H groups in total. The number of nitrogens with one attached hydrogen (secondary N) is 1. The number of hydrogen-bond acceptors (Lipinski definition) is 3. The van der Waals surface area contributed by atoms with Gasteiger partial charge in [0.25, 0.3) is 0 Å². The van der Waals surface area contributed by atoms with Crippen molar-refractivity contribution in [3.63, 3.8) is 0 Å². The number of rotatable bonds is 5. The third-order valence-electron chi connectivity index (χ3n) is 2.87. The van der Waals surface area contributed by atoms with Crippen molar-refractivity contribution in [2.75, 3.05) is 13.6 Å². The van der Waals surface area contributed by atoms with Crippen LogP contribution in [-0.2, 0) is 12.6 Å². The lowest BCUT2D eigenvalue weighted by Gasteiger charge is -2.10. The van der Waals surface area contributed by atoms with E-state index >= 15 is 0 Å². The Bertz CT molecular complexity index is 564. The molecule has 2 nitrogen and oxygen atoms in total. The topological polar surface area (TPSA) is 24.9 Å². The van der Waals surface area contributed by atoms with Crippen LogP contribution in [0.25, 0.3) is 10.6 Å². The quantitative estimate of drug-likeness (QED) is 0.845. The van der Waals surface area contributed by atoms with Gasteiger partial charge in [-0.2, -0.15) is 13.2 Å². The normalized spacial score (nSPS) is 11.8. The first kappa shape index (κ1) is 15.0. The smallest absolute Gasteiger partial charge is 0.320 e. The van der Waals surface area contributed by atoms with E-state index in [1.54, 1.807) is 6.07 Å². The Morgan fingerprint density at radius 3 is 2.70 bits per heavy atom. The van der Waals surface area contributed by atoms with Gasteiger partial charge >= 0.3 is 6.18 Å². The summed E-state index contributed by atoms with van der Waals surface area (Å²) in [4.78, 5) is 4.32. The minimum atomic E-state index is -4.35. The van der Waals surface area contributed by atoms with Gasteiger partial charge < -0.3 is 5.32 Å². The molecule has 0 fully saturated rings. The number of nitrogens with zero attached hydrogens (tertiary/aromatic N) is 1. The molecule has 0 aliphatic heterocycles. The van der Waals surface area contributed by atoms with E-state index in [1.807, 2.05) is 12.4 Å². The number of halogens is 3. The number of aryl methyl sites for hydroxylation is 1. The molecule has 1 aromatic carbocycles. The molecule has 108 valence electrons. The molecule has 0 saturated heterocycles. The van der Waals surface area contributed by atoms with Crippen molar-refractivity contribution in [3.8, 4) is 10.6 Å². The molecule has 20 heavy (non-hydrogen) atoms. The summed E-state index contributed by atoms with van der Waals surface area (Å²) in [6.45, 7) is 0.867. The Morgan fingerprint density at radius 1 is 1.25 bits per heavy atom. The molecule has 0 radical (unpaired) electrons. The zero-order valence-corrected chi connectivity index (χ0v) is 11.8. The molecule has 0 unspecified atom stereocenters. The van der Waals surface area contributed by atoms with Gasteiger partial charge in [0.15, 0.2) is 0 Å². The highest BCUT2D eigenvalue weighted by Gasteiger charge is 2.33. The Balaban J connectivity index is 2.24. The molecule has 1 aromatic heterocycles. The van der Waals surface area contributed by atoms with Gasteiger partial charge in [0, 0.05) is 10.9 Å². The van der Waals surface area contributed by atoms with Gasteiger partial charge in [-0.3, -0.25) is 0 Å². The van der Waals surface area contributed by atoms with Crippen LogP contribution in [0.1, 0.15) is 17.7 Å². The van der Waals surface area contributed by atoms with Crippen molar-refractivity contribution in [1.29, 1.82) is 0 Å². The monoisotopic (exact) mass is 300 g/mol. The molecule has 0 amide bonds. The van der Waals surface area contributed by atoms with Crippen LogP contribution in [0.5, 0.6) is 0 Å². The highest BCUT2D eigenvalue weighted by atomic mass is 32.1. The Kier molecular flexibility index (Phi) is 4.77. The van der Waals surface area contributed by atoms with E-state index < -0.39 is 11.7 Å². The minimum absolute atomic E-state index is 0.157. The maximum absolute atomic E-state index is 13.0. The number of aromatic nitrogens is 1. The van der Waals surface area contributed by atoms with Gasteiger partial charge in [-0.1, -0.05) is 18.2 Å². The fraction of sp³-hybridized carbons (Fsp3) is 0.357. The third kappa shape index (κ3) is 3.58. The molecule has 0 bridgehead atoms. The van der Waals surface area contributed by atoms with Crippen molar-refractivity contribution in [1.82, 2.24) is 10.3 Å². The van der Waals surface area contributed by atoms with Crippen molar-refractivity contribution in [2.24, 2.45) is 0 Å². The predicted molar refractivity (Wildman–Crippen MR) is 74.8 cm³/mol. The van der Waals surface area contributed by atoms with Crippen LogP contribution < -0.4 is 5.32 Å². The van der Waals surface area contributed by atoms with E-state index in [1.165, 1.54) is 23.5 Å². The molecule has 0 saturated carbocycles. The maximum atomic E-state index is 13.0. The second kappa shape index (κ2) is 6.37. The van der Waals surface area contributed by atoms with Crippen molar-refractivity contribution < 1.29 is 13.2 Å². The first-order valence-corrected chi connectivity index (χ1v) is 7.16. The second-order valence-electron chi connectivity index (χ2n) is 4.39. The van der Waals surface area contributed by atoms with Crippen LogP contribution in [-0.4, -0.2) is 18.6 Å². The Morgan fingerprint density at radius 2 is 2.00 bits per heavy atom. The summed E-state index contributed by atoms with van der Waals surface area (Å²) >= 11 is 1.26. The Labute approximate surface area is 119 Å². The fourth-order valence-corrected chi connectivity index (χ4v) is 2.80. The highest BCUT2D eigenvalue weighted by molar-refractivity contribution is 7.13. The summed E-state index contributed by atoms with van der Waals surface area (Å²) in [6.07, 6.45) is -2.67. The average Bonchev–Trinajstić information content (AvgIpc) is 2.87. The molecule has 1 heterocycles. The number of hydrogen-bond donors (Lipinski definition) is 1. The van der Waals surface area contributed by atoms with E-state index in [-0.39, 0.29) is 5.56 Å². The van der Waals surface area contributed by atoms with Crippen molar-refractivity contribution in [3.05, 3.63) is 40.9 Å². The van der Waals surface area contributed by atoms with Crippen LogP contribution in [0.3, 0.4) is 0 Å². The van der Waals surface area contributed by atoms with Crippen molar-refractivity contribution in [2.45, 2.75) is 19.0 Å². The lowest BCUT2D eigenvalue weighted by molar-refractivity contribution is -0.137. The summed E-state index contributed by atoms with van der Waals surface area (Å²) in [5.41, 5.74) is 0.373. The first-order chi connectivity index (χ1) is 9.52. The van der Waals surface area contributed by atoms with Crippen LogP contribution >= 0.6 is 11.3 Å². The van der Waals surface area contributed by atoms with E-state index in [2.05, 4.69) is 10.3 Å². The molecule has 0 atom stereocenters. The van der Waals surface area contributed by atoms with Gasteiger partial charge in [0.2, 0.25) is 0 Å². The van der Waals surface area contributed by atoms with E-state index in [4.69, 9.17) is 0 Å². The molecule has 6 heteroatoms. The number of thiazole rings is 1. The molecular formula is C14H15F3N2S. The standard InChI is InChI=1S/C14H15F3N2S/c1-18-8-4-5-10-9-20-13(19-10)11-6-2-3-7-12(11)14(15,16)17/h2-3,6-7,9,18H,4-5,8H2,1H3. The molecule has 0 spiro atoms. The first-order valence-electron chi connectivity index (χ1n) is 6.28. The SMILES string of the molecule is CNCCCc1csc(-c2ccccc2C(F)(F)F)n1. The number of benzene rings is 1. The van der Waals surface area contributed by atoms with E-state index in [9.17, 15) is 13.2 Å². The summed E-state index contributed by atoms with van der Waals surface area (Å²) in [7, 11) is 1.87. The summed E-state index contributed by atoms with van der Waals surface area (Å²) in [5.74, 6) is 0. The van der Waals surface area contributed by atoms with Crippen molar-refractivity contribution >= 4 is 11.3 Å². The largest absolute Gasteiger partial charge is 0.417 e. The van der Waals surface area contributed by atoms with Crippen LogP contribution in [0.2, 0.25) is 0 Å². The van der Waals surface area contributed by atoms with Gasteiger partial charge in [0.1, 0.15) is 5.01 Å². The lowest BCUT2D eigenvalue weighted by atomic mass is 10.1. The van der Waals surface area contributed by atoms with Gasteiger partial charge in [-0.25, -0.2) is 4.98 Å². The van der Waals surface area contributed by atoms with Crippen LogP contribution in [0, 0.1) is 0 Å². The third-order valence-corrected chi connectivity index (χ3v) is 3.80.